The van der Waals surface area contributed by atoms with Gasteiger partial charge in [0.05, 0.1) is 0 Å². The lowest BCUT2D eigenvalue weighted by Gasteiger charge is -2.25. The zero-order valence-electron chi connectivity index (χ0n) is 13.7. The summed E-state index contributed by atoms with van der Waals surface area (Å²) in [7, 11) is 0. The molecule has 2 heterocycles. The quantitative estimate of drug-likeness (QED) is 0.711. The van der Waals surface area contributed by atoms with Gasteiger partial charge in [0.1, 0.15) is 0 Å². The maximum Gasteiger partial charge on any atom is 0.219 e. The number of rotatable bonds is 0. The van der Waals surface area contributed by atoms with E-state index in [0.29, 0.717) is 0 Å². The van der Waals surface area contributed by atoms with Crippen molar-refractivity contribution in [1.29, 1.82) is 0 Å². The molecule has 2 aliphatic rings. The molecule has 0 radical (unpaired) electrons. The van der Waals surface area contributed by atoms with Gasteiger partial charge in [0, 0.05) is 33.1 Å². The Balaban J connectivity index is 0. The number of carbonyl (C=O) groups is 1. The van der Waals surface area contributed by atoms with Gasteiger partial charge in [0.2, 0.25) is 5.91 Å². The second-order valence-corrected chi connectivity index (χ2v) is 4.42. The fourth-order valence-corrected chi connectivity index (χ4v) is 1.60. The first-order valence-electron chi connectivity index (χ1n) is 7.89. The summed E-state index contributed by atoms with van der Waals surface area (Å²) in [4.78, 5) is 12.6. The molecule has 0 aromatic carbocycles. The highest BCUT2D eigenvalue weighted by atomic mass is 16.2. The van der Waals surface area contributed by atoms with Crippen LogP contribution in [-0.2, 0) is 4.79 Å². The standard InChI is InChI=1S/C6H12N2O.C4H9N.C3H8.C2H6/c1-6(9)8-4-2-7-3-5-8;1-2-4-5-3-1;1-3-2;1-2/h7H,2-5H2,1H3;5H,1-4H2;3H2,1-2H3;1-2H3. The number of hydrogen-bond donors (Lipinski definition) is 2. The zero-order valence-corrected chi connectivity index (χ0v) is 13.7. The summed E-state index contributed by atoms with van der Waals surface area (Å²) >= 11 is 0. The minimum Gasteiger partial charge on any atom is -0.340 e. The molecule has 2 saturated heterocycles. The summed E-state index contributed by atoms with van der Waals surface area (Å²) < 4.78 is 0. The maximum absolute atomic E-state index is 10.7. The van der Waals surface area contributed by atoms with E-state index in [-0.39, 0.29) is 5.91 Å². The number of hydrogen-bond acceptors (Lipinski definition) is 3. The van der Waals surface area contributed by atoms with Crippen LogP contribution in [-0.4, -0.2) is 50.1 Å². The van der Waals surface area contributed by atoms with Crippen molar-refractivity contribution >= 4 is 5.91 Å². The first kappa shape index (κ1) is 20.7. The van der Waals surface area contributed by atoms with Gasteiger partial charge in [-0.05, 0) is 25.9 Å². The molecule has 19 heavy (non-hydrogen) atoms. The molecule has 0 spiro atoms. The lowest BCUT2D eigenvalue weighted by Crippen LogP contribution is -2.45. The first-order valence-corrected chi connectivity index (χ1v) is 7.89. The SMILES string of the molecule is C1CCNC1.CC.CC(=O)N1CCNCC1.CCC. The number of nitrogens with zero attached hydrogens (tertiary/aromatic N) is 1. The van der Waals surface area contributed by atoms with Gasteiger partial charge < -0.3 is 15.5 Å². The number of carbonyl (C=O) groups excluding carboxylic acids is 1. The van der Waals surface area contributed by atoms with E-state index in [2.05, 4.69) is 24.5 Å². The third-order valence-electron chi connectivity index (χ3n) is 2.52. The van der Waals surface area contributed by atoms with E-state index >= 15 is 0 Å². The summed E-state index contributed by atoms with van der Waals surface area (Å²) in [6.07, 6.45) is 4.03. The van der Waals surface area contributed by atoms with Crippen molar-refractivity contribution in [3.05, 3.63) is 0 Å². The largest absolute Gasteiger partial charge is 0.340 e. The fourth-order valence-electron chi connectivity index (χ4n) is 1.60. The van der Waals surface area contributed by atoms with Crippen molar-refractivity contribution in [2.45, 2.75) is 53.9 Å². The van der Waals surface area contributed by atoms with Gasteiger partial charge in [0.15, 0.2) is 0 Å². The second-order valence-electron chi connectivity index (χ2n) is 4.42. The van der Waals surface area contributed by atoms with E-state index in [0.717, 1.165) is 26.2 Å². The van der Waals surface area contributed by atoms with Crippen LogP contribution in [0, 0.1) is 0 Å². The van der Waals surface area contributed by atoms with Crippen LogP contribution in [0.3, 0.4) is 0 Å². The van der Waals surface area contributed by atoms with Crippen LogP contribution in [0.2, 0.25) is 0 Å². The van der Waals surface area contributed by atoms with Gasteiger partial charge >= 0.3 is 0 Å². The fraction of sp³-hybridized carbons (Fsp3) is 0.933. The van der Waals surface area contributed by atoms with E-state index in [1.165, 1.54) is 32.4 Å². The van der Waals surface area contributed by atoms with Crippen molar-refractivity contribution in [3.63, 3.8) is 0 Å². The highest BCUT2D eigenvalue weighted by Gasteiger charge is 2.10. The van der Waals surface area contributed by atoms with Crippen LogP contribution in [0.4, 0.5) is 0 Å². The van der Waals surface area contributed by atoms with E-state index in [1.54, 1.807) is 6.92 Å². The van der Waals surface area contributed by atoms with Gasteiger partial charge in [-0.1, -0.05) is 34.1 Å². The molecule has 4 heteroatoms. The number of piperazine rings is 1. The average Bonchev–Trinajstić information content (AvgIpc) is 3.02. The van der Waals surface area contributed by atoms with Gasteiger partial charge in [-0.2, -0.15) is 0 Å². The summed E-state index contributed by atoms with van der Waals surface area (Å²) in [5.41, 5.74) is 0. The Morgan fingerprint density at radius 2 is 1.32 bits per heavy atom. The lowest BCUT2D eigenvalue weighted by atomic mass is 10.4. The van der Waals surface area contributed by atoms with Gasteiger partial charge in [-0.3, -0.25) is 4.79 Å². The van der Waals surface area contributed by atoms with E-state index in [4.69, 9.17) is 0 Å². The van der Waals surface area contributed by atoms with Crippen LogP contribution >= 0.6 is 0 Å². The molecule has 4 nitrogen and oxygen atoms in total. The Kier molecular flexibility index (Phi) is 18.9. The minimum atomic E-state index is 0.191. The molecule has 2 N–H and O–H groups in total. The predicted octanol–water partition coefficient (Wildman–Crippen LogP) is 2.25. The van der Waals surface area contributed by atoms with Crippen LogP contribution in [0.25, 0.3) is 0 Å². The van der Waals surface area contributed by atoms with Gasteiger partial charge in [-0.15, -0.1) is 0 Å². The Morgan fingerprint density at radius 1 is 0.947 bits per heavy atom. The monoisotopic (exact) mass is 273 g/mol. The lowest BCUT2D eigenvalue weighted by molar-refractivity contribution is -0.129. The Bertz CT molecular complexity index is 169. The number of nitrogens with one attached hydrogen (secondary N) is 2. The Hall–Kier alpha value is -0.610. The molecule has 2 rings (SSSR count). The maximum atomic E-state index is 10.7. The molecule has 0 aromatic rings. The molecule has 0 aromatic heterocycles. The van der Waals surface area contributed by atoms with E-state index in [9.17, 15) is 4.79 Å². The topological polar surface area (TPSA) is 44.4 Å². The van der Waals surface area contributed by atoms with Crippen molar-refractivity contribution in [3.8, 4) is 0 Å². The summed E-state index contributed by atoms with van der Waals surface area (Å²) in [6, 6.07) is 0. The molecule has 2 fully saturated rings. The normalized spacial score (nSPS) is 17.0. The minimum absolute atomic E-state index is 0.191. The molecule has 2 aliphatic heterocycles. The summed E-state index contributed by atoms with van der Waals surface area (Å²) in [5.74, 6) is 0.191. The van der Waals surface area contributed by atoms with Crippen LogP contribution in [0.5, 0.6) is 0 Å². The summed E-state index contributed by atoms with van der Waals surface area (Å²) in [6.45, 7) is 16.0. The molecular weight excluding hydrogens is 238 g/mol. The molecule has 1 amide bonds. The molecule has 0 aliphatic carbocycles. The average molecular weight is 273 g/mol. The summed E-state index contributed by atoms with van der Waals surface area (Å²) in [5, 5.41) is 6.40. The smallest absolute Gasteiger partial charge is 0.219 e. The molecule has 0 saturated carbocycles. The van der Waals surface area contributed by atoms with Crippen molar-refractivity contribution < 1.29 is 4.79 Å². The first-order chi connectivity index (χ1) is 9.22. The Labute approximate surface area is 120 Å². The third-order valence-corrected chi connectivity index (χ3v) is 2.52. The Morgan fingerprint density at radius 3 is 1.53 bits per heavy atom. The van der Waals surface area contributed by atoms with E-state index < -0.39 is 0 Å². The van der Waals surface area contributed by atoms with Crippen LogP contribution in [0.1, 0.15) is 53.9 Å². The molecular formula is C15H35N3O. The van der Waals surface area contributed by atoms with Crippen LogP contribution in [0.15, 0.2) is 0 Å². The molecule has 116 valence electrons. The highest BCUT2D eigenvalue weighted by molar-refractivity contribution is 5.73. The molecule has 0 atom stereocenters. The second kappa shape index (κ2) is 17.4. The number of amides is 1. The van der Waals surface area contributed by atoms with Crippen molar-refractivity contribution in [2.75, 3.05) is 39.3 Å². The highest BCUT2D eigenvalue weighted by Crippen LogP contribution is 1.91. The van der Waals surface area contributed by atoms with Crippen LogP contribution < -0.4 is 10.6 Å². The third kappa shape index (κ3) is 15.3. The molecule has 0 bridgehead atoms. The van der Waals surface area contributed by atoms with E-state index in [1.807, 2.05) is 18.7 Å². The van der Waals surface area contributed by atoms with Crippen molar-refractivity contribution in [1.82, 2.24) is 15.5 Å². The zero-order chi connectivity index (χ0) is 14.9. The predicted molar refractivity (Wildman–Crippen MR) is 84.5 cm³/mol. The van der Waals surface area contributed by atoms with Gasteiger partial charge in [-0.25, -0.2) is 0 Å². The van der Waals surface area contributed by atoms with Gasteiger partial charge in [0.25, 0.3) is 0 Å². The molecule has 0 unspecified atom stereocenters. The van der Waals surface area contributed by atoms with Crippen molar-refractivity contribution in [2.24, 2.45) is 0 Å².